The normalized spacial score (nSPS) is 10.1. The minimum absolute atomic E-state index is 0.633. The highest BCUT2D eigenvalue weighted by Gasteiger charge is 2.01. The summed E-state index contributed by atoms with van der Waals surface area (Å²) < 4.78 is 0. The van der Waals surface area contributed by atoms with Gasteiger partial charge in [0, 0.05) is 11.4 Å². The zero-order chi connectivity index (χ0) is 9.80. The van der Waals surface area contributed by atoms with Crippen LogP contribution in [0, 0.1) is 0 Å². The van der Waals surface area contributed by atoms with Gasteiger partial charge < -0.3 is 5.32 Å². The number of nitrogens with one attached hydrogen (secondary N) is 1. The molecule has 72 valence electrons. The molecule has 1 aromatic carbocycles. The van der Waals surface area contributed by atoms with Crippen molar-refractivity contribution in [3.8, 4) is 0 Å². The topological polar surface area (TPSA) is 37.8 Å². The Balaban J connectivity index is 2.11. The standard InChI is InChI=1S/C9H9N3S2/c13-6-8-11-12-9(14-8)10-7-4-2-1-3-5-7/h1-5,13H,6H2,(H,10,12). The molecule has 2 aromatic rings. The van der Waals surface area contributed by atoms with Crippen molar-refractivity contribution < 1.29 is 0 Å². The minimum atomic E-state index is 0.633. The van der Waals surface area contributed by atoms with Crippen LogP contribution in [0.25, 0.3) is 0 Å². The quantitative estimate of drug-likeness (QED) is 0.786. The van der Waals surface area contributed by atoms with Gasteiger partial charge in [0.15, 0.2) is 0 Å². The molecule has 0 unspecified atom stereocenters. The maximum absolute atomic E-state index is 4.13. The summed E-state index contributed by atoms with van der Waals surface area (Å²) in [4.78, 5) is 0. The average molecular weight is 223 g/mol. The number of aromatic nitrogens is 2. The highest BCUT2D eigenvalue weighted by atomic mass is 32.1. The second kappa shape index (κ2) is 4.43. The van der Waals surface area contributed by atoms with Gasteiger partial charge in [-0.2, -0.15) is 12.6 Å². The van der Waals surface area contributed by atoms with Gasteiger partial charge in [0.1, 0.15) is 5.01 Å². The SMILES string of the molecule is SCc1nnc(Nc2ccccc2)s1. The van der Waals surface area contributed by atoms with E-state index in [-0.39, 0.29) is 0 Å². The summed E-state index contributed by atoms with van der Waals surface area (Å²) >= 11 is 5.65. The monoisotopic (exact) mass is 223 g/mol. The third kappa shape index (κ3) is 2.24. The van der Waals surface area contributed by atoms with E-state index in [4.69, 9.17) is 0 Å². The second-order valence-electron chi connectivity index (χ2n) is 2.65. The molecule has 0 fully saturated rings. The lowest BCUT2D eigenvalue weighted by Crippen LogP contribution is -1.87. The first kappa shape index (κ1) is 9.48. The van der Waals surface area contributed by atoms with E-state index in [2.05, 4.69) is 28.1 Å². The highest BCUT2D eigenvalue weighted by Crippen LogP contribution is 2.20. The van der Waals surface area contributed by atoms with E-state index in [1.165, 1.54) is 11.3 Å². The van der Waals surface area contributed by atoms with E-state index >= 15 is 0 Å². The zero-order valence-electron chi connectivity index (χ0n) is 7.34. The van der Waals surface area contributed by atoms with Crippen LogP contribution < -0.4 is 5.32 Å². The fourth-order valence-corrected chi connectivity index (χ4v) is 1.89. The molecule has 1 N–H and O–H groups in total. The summed E-state index contributed by atoms with van der Waals surface area (Å²) in [6, 6.07) is 9.90. The lowest BCUT2D eigenvalue weighted by molar-refractivity contribution is 1.04. The van der Waals surface area contributed by atoms with Gasteiger partial charge >= 0.3 is 0 Å². The number of hydrogen-bond donors (Lipinski definition) is 2. The van der Waals surface area contributed by atoms with Gasteiger partial charge in [-0.25, -0.2) is 0 Å². The molecule has 14 heavy (non-hydrogen) atoms. The Morgan fingerprint density at radius 3 is 2.64 bits per heavy atom. The van der Waals surface area contributed by atoms with E-state index in [9.17, 15) is 0 Å². The first-order valence-electron chi connectivity index (χ1n) is 4.14. The molecule has 1 aromatic heterocycles. The maximum Gasteiger partial charge on any atom is 0.210 e. The van der Waals surface area contributed by atoms with Crippen molar-refractivity contribution in [3.63, 3.8) is 0 Å². The van der Waals surface area contributed by atoms with Crippen molar-refractivity contribution in [2.75, 3.05) is 5.32 Å². The van der Waals surface area contributed by atoms with E-state index in [1.807, 2.05) is 30.3 Å². The molecule has 0 spiro atoms. The lowest BCUT2D eigenvalue weighted by Gasteiger charge is -1.99. The van der Waals surface area contributed by atoms with Crippen molar-refractivity contribution in [3.05, 3.63) is 35.3 Å². The average Bonchev–Trinajstić information content (AvgIpc) is 2.67. The molecule has 3 nitrogen and oxygen atoms in total. The highest BCUT2D eigenvalue weighted by molar-refractivity contribution is 7.79. The lowest BCUT2D eigenvalue weighted by atomic mass is 10.3. The number of benzene rings is 1. The van der Waals surface area contributed by atoms with Gasteiger partial charge in [0.05, 0.1) is 0 Å². The number of para-hydroxylation sites is 1. The maximum atomic E-state index is 4.13. The van der Waals surface area contributed by atoms with Crippen molar-refractivity contribution >= 4 is 34.8 Å². The van der Waals surface area contributed by atoms with Crippen LogP contribution in [-0.4, -0.2) is 10.2 Å². The molecule has 0 aliphatic rings. The molecular weight excluding hydrogens is 214 g/mol. The van der Waals surface area contributed by atoms with Crippen LogP contribution in [-0.2, 0) is 5.75 Å². The van der Waals surface area contributed by atoms with Gasteiger partial charge in [-0.3, -0.25) is 0 Å². The van der Waals surface area contributed by atoms with Crippen molar-refractivity contribution in [2.24, 2.45) is 0 Å². The van der Waals surface area contributed by atoms with Crippen LogP contribution in [0.2, 0.25) is 0 Å². The molecule has 0 amide bonds. The molecule has 5 heteroatoms. The first-order chi connectivity index (χ1) is 6.88. The number of nitrogens with zero attached hydrogens (tertiary/aromatic N) is 2. The van der Waals surface area contributed by atoms with Crippen LogP contribution in [0.3, 0.4) is 0 Å². The number of rotatable bonds is 3. The van der Waals surface area contributed by atoms with Gasteiger partial charge in [-0.15, -0.1) is 10.2 Å². The largest absolute Gasteiger partial charge is 0.330 e. The molecule has 0 radical (unpaired) electrons. The van der Waals surface area contributed by atoms with Crippen LogP contribution in [0.1, 0.15) is 5.01 Å². The summed E-state index contributed by atoms with van der Waals surface area (Å²) in [6.45, 7) is 0. The Morgan fingerprint density at radius 1 is 1.21 bits per heavy atom. The first-order valence-corrected chi connectivity index (χ1v) is 5.58. The second-order valence-corrected chi connectivity index (χ2v) is 4.03. The molecule has 0 aliphatic heterocycles. The molecule has 0 saturated heterocycles. The third-order valence-corrected chi connectivity index (χ3v) is 2.98. The fourth-order valence-electron chi connectivity index (χ4n) is 1.01. The van der Waals surface area contributed by atoms with E-state index < -0.39 is 0 Å². The molecule has 2 rings (SSSR count). The van der Waals surface area contributed by atoms with Crippen LogP contribution in [0.5, 0.6) is 0 Å². The summed E-state index contributed by atoms with van der Waals surface area (Å²) in [5.74, 6) is 0.633. The summed E-state index contributed by atoms with van der Waals surface area (Å²) in [5.41, 5.74) is 1.02. The number of thiol groups is 1. The van der Waals surface area contributed by atoms with Gasteiger partial charge in [0.2, 0.25) is 5.13 Å². The molecule has 1 heterocycles. The summed E-state index contributed by atoms with van der Waals surface area (Å²) in [7, 11) is 0. The Morgan fingerprint density at radius 2 is 2.00 bits per heavy atom. The Kier molecular flexibility index (Phi) is 3.00. The van der Waals surface area contributed by atoms with Gasteiger partial charge in [0.25, 0.3) is 0 Å². The fraction of sp³-hybridized carbons (Fsp3) is 0.111. The zero-order valence-corrected chi connectivity index (χ0v) is 9.05. The molecule has 0 saturated carbocycles. The van der Waals surface area contributed by atoms with Crippen molar-refractivity contribution in [1.29, 1.82) is 0 Å². The van der Waals surface area contributed by atoms with Gasteiger partial charge in [-0.05, 0) is 12.1 Å². The van der Waals surface area contributed by atoms with E-state index in [1.54, 1.807) is 0 Å². The Bertz CT molecular complexity index is 399. The van der Waals surface area contributed by atoms with Crippen LogP contribution >= 0.6 is 24.0 Å². The molecule has 0 bridgehead atoms. The van der Waals surface area contributed by atoms with Crippen LogP contribution in [0.4, 0.5) is 10.8 Å². The van der Waals surface area contributed by atoms with E-state index in [0.29, 0.717) is 5.75 Å². The summed E-state index contributed by atoms with van der Waals surface area (Å²) in [5, 5.41) is 12.8. The van der Waals surface area contributed by atoms with Crippen molar-refractivity contribution in [2.45, 2.75) is 5.75 Å². The smallest absolute Gasteiger partial charge is 0.210 e. The molecule has 0 atom stereocenters. The van der Waals surface area contributed by atoms with E-state index in [0.717, 1.165) is 15.8 Å². The Labute approximate surface area is 91.6 Å². The number of anilines is 2. The predicted octanol–water partition coefficient (Wildman–Crippen LogP) is 2.71. The molecule has 0 aliphatic carbocycles. The van der Waals surface area contributed by atoms with Gasteiger partial charge in [-0.1, -0.05) is 29.5 Å². The summed E-state index contributed by atoms with van der Waals surface area (Å²) in [6.07, 6.45) is 0. The minimum Gasteiger partial charge on any atom is -0.330 e. The number of hydrogen-bond acceptors (Lipinski definition) is 5. The third-order valence-electron chi connectivity index (χ3n) is 1.63. The predicted molar refractivity (Wildman–Crippen MR) is 62.3 cm³/mol. The van der Waals surface area contributed by atoms with Crippen LogP contribution in [0.15, 0.2) is 30.3 Å². The Hall–Kier alpha value is -1.07. The molecular formula is C9H9N3S2. The van der Waals surface area contributed by atoms with Crippen molar-refractivity contribution in [1.82, 2.24) is 10.2 Å².